The number of anilines is 2. The SMILES string of the molecule is CCn1ccc2ncnc(Nc3ccc(Oc4cccc(Cl)c4)c(CN)c3)c21. The van der Waals surface area contributed by atoms with Gasteiger partial charge in [0.25, 0.3) is 0 Å². The summed E-state index contributed by atoms with van der Waals surface area (Å²) in [6, 6.07) is 15.1. The van der Waals surface area contributed by atoms with Crippen molar-refractivity contribution in [2.75, 3.05) is 5.32 Å². The van der Waals surface area contributed by atoms with E-state index in [1.54, 1.807) is 18.5 Å². The minimum absolute atomic E-state index is 0.343. The lowest BCUT2D eigenvalue weighted by atomic mass is 10.1. The van der Waals surface area contributed by atoms with Gasteiger partial charge in [-0.15, -0.1) is 0 Å². The van der Waals surface area contributed by atoms with Crippen LogP contribution in [0.2, 0.25) is 5.02 Å². The van der Waals surface area contributed by atoms with Gasteiger partial charge in [-0.1, -0.05) is 17.7 Å². The maximum Gasteiger partial charge on any atom is 0.158 e. The van der Waals surface area contributed by atoms with Crippen LogP contribution in [0.1, 0.15) is 12.5 Å². The van der Waals surface area contributed by atoms with Crippen molar-refractivity contribution in [1.82, 2.24) is 14.5 Å². The molecule has 0 saturated heterocycles. The molecule has 0 unspecified atom stereocenters. The van der Waals surface area contributed by atoms with Gasteiger partial charge in [0.15, 0.2) is 5.82 Å². The molecule has 0 radical (unpaired) electrons. The summed E-state index contributed by atoms with van der Waals surface area (Å²) < 4.78 is 8.07. The fourth-order valence-corrected chi connectivity index (χ4v) is 3.28. The maximum absolute atomic E-state index is 6.03. The van der Waals surface area contributed by atoms with Crippen LogP contribution in [0.3, 0.4) is 0 Å². The Balaban J connectivity index is 1.64. The number of nitrogens with zero attached hydrogens (tertiary/aromatic N) is 3. The monoisotopic (exact) mass is 393 g/mol. The van der Waals surface area contributed by atoms with E-state index < -0.39 is 0 Å². The Morgan fingerprint density at radius 2 is 2.04 bits per heavy atom. The summed E-state index contributed by atoms with van der Waals surface area (Å²) in [5.41, 5.74) is 9.58. The highest BCUT2D eigenvalue weighted by Crippen LogP contribution is 2.31. The minimum Gasteiger partial charge on any atom is -0.457 e. The molecular weight excluding hydrogens is 374 g/mol. The van der Waals surface area contributed by atoms with E-state index in [9.17, 15) is 0 Å². The molecule has 142 valence electrons. The van der Waals surface area contributed by atoms with Crippen molar-refractivity contribution in [3.8, 4) is 11.5 Å². The molecule has 0 aliphatic carbocycles. The molecule has 4 aromatic rings. The van der Waals surface area contributed by atoms with Gasteiger partial charge >= 0.3 is 0 Å². The Kier molecular flexibility index (Phi) is 5.14. The number of ether oxygens (including phenoxy) is 1. The normalized spacial score (nSPS) is 11.0. The highest BCUT2D eigenvalue weighted by molar-refractivity contribution is 6.30. The van der Waals surface area contributed by atoms with Gasteiger partial charge in [-0.25, -0.2) is 9.97 Å². The number of nitrogens with two attached hydrogens (primary N) is 1. The molecule has 3 N–H and O–H groups in total. The fraction of sp³-hybridized carbons (Fsp3) is 0.143. The van der Waals surface area contributed by atoms with Crippen molar-refractivity contribution in [3.63, 3.8) is 0 Å². The highest BCUT2D eigenvalue weighted by Gasteiger charge is 2.11. The van der Waals surface area contributed by atoms with Gasteiger partial charge in [-0.3, -0.25) is 0 Å². The number of aryl methyl sites for hydroxylation is 1. The van der Waals surface area contributed by atoms with Crippen molar-refractivity contribution < 1.29 is 4.74 Å². The first kappa shape index (κ1) is 18.3. The Morgan fingerprint density at radius 1 is 1.14 bits per heavy atom. The van der Waals surface area contributed by atoms with Crippen molar-refractivity contribution in [2.45, 2.75) is 20.0 Å². The van der Waals surface area contributed by atoms with E-state index in [0.29, 0.717) is 23.1 Å². The first-order valence-corrected chi connectivity index (χ1v) is 9.39. The zero-order valence-electron chi connectivity index (χ0n) is 15.4. The Labute approximate surface area is 167 Å². The van der Waals surface area contributed by atoms with Crippen molar-refractivity contribution >= 4 is 34.1 Å². The van der Waals surface area contributed by atoms with E-state index in [1.807, 2.05) is 42.6 Å². The van der Waals surface area contributed by atoms with Gasteiger partial charge in [-0.2, -0.15) is 0 Å². The lowest BCUT2D eigenvalue weighted by molar-refractivity contribution is 0.476. The topological polar surface area (TPSA) is 78.0 Å². The summed E-state index contributed by atoms with van der Waals surface area (Å²) in [5, 5.41) is 4.00. The number of fused-ring (bicyclic) bond motifs is 1. The summed E-state index contributed by atoms with van der Waals surface area (Å²) in [7, 11) is 0. The molecule has 6 nitrogen and oxygen atoms in total. The number of benzene rings is 2. The Morgan fingerprint density at radius 3 is 2.82 bits per heavy atom. The molecule has 4 rings (SSSR count). The van der Waals surface area contributed by atoms with Gasteiger partial charge in [0.2, 0.25) is 0 Å². The molecular formula is C21H20ClN5O. The molecule has 2 heterocycles. The number of halogens is 1. The average Bonchev–Trinajstić information content (AvgIpc) is 3.13. The van der Waals surface area contributed by atoms with Crippen molar-refractivity contribution in [2.24, 2.45) is 5.73 Å². The van der Waals surface area contributed by atoms with E-state index in [1.165, 1.54) is 0 Å². The number of rotatable bonds is 6. The largest absolute Gasteiger partial charge is 0.457 e. The smallest absolute Gasteiger partial charge is 0.158 e. The molecule has 0 amide bonds. The third-order valence-electron chi connectivity index (χ3n) is 4.46. The maximum atomic E-state index is 6.03. The molecule has 0 aliphatic rings. The van der Waals surface area contributed by atoms with Gasteiger partial charge in [0, 0.05) is 35.6 Å². The molecule has 0 saturated carbocycles. The van der Waals surface area contributed by atoms with E-state index >= 15 is 0 Å². The molecule has 2 aromatic heterocycles. The van der Waals surface area contributed by atoms with E-state index in [2.05, 4.69) is 26.8 Å². The van der Waals surface area contributed by atoms with E-state index in [0.717, 1.165) is 34.6 Å². The number of aromatic nitrogens is 3. The van der Waals surface area contributed by atoms with Crippen LogP contribution in [-0.4, -0.2) is 14.5 Å². The van der Waals surface area contributed by atoms with Crippen LogP contribution in [0.15, 0.2) is 61.1 Å². The van der Waals surface area contributed by atoms with Gasteiger partial charge in [-0.05, 0) is 49.4 Å². The molecule has 0 bridgehead atoms. The summed E-state index contributed by atoms with van der Waals surface area (Å²) in [6.07, 6.45) is 3.57. The minimum atomic E-state index is 0.343. The number of nitrogens with one attached hydrogen (secondary N) is 1. The Bertz CT molecular complexity index is 1120. The second-order valence-corrected chi connectivity index (χ2v) is 6.71. The predicted octanol–water partition coefficient (Wildman–Crippen LogP) is 5.10. The summed E-state index contributed by atoms with van der Waals surface area (Å²) in [4.78, 5) is 8.75. The van der Waals surface area contributed by atoms with E-state index in [4.69, 9.17) is 22.1 Å². The number of hydrogen-bond acceptors (Lipinski definition) is 5. The first-order chi connectivity index (χ1) is 13.7. The van der Waals surface area contributed by atoms with Crippen molar-refractivity contribution in [1.29, 1.82) is 0 Å². The van der Waals surface area contributed by atoms with Gasteiger partial charge < -0.3 is 20.4 Å². The molecule has 0 aliphatic heterocycles. The highest BCUT2D eigenvalue weighted by atomic mass is 35.5. The molecule has 7 heteroatoms. The molecule has 0 fully saturated rings. The average molecular weight is 394 g/mol. The van der Waals surface area contributed by atoms with Crippen LogP contribution in [0.4, 0.5) is 11.5 Å². The zero-order valence-corrected chi connectivity index (χ0v) is 16.1. The van der Waals surface area contributed by atoms with Gasteiger partial charge in [0.1, 0.15) is 23.3 Å². The van der Waals surface area contributed by atoms with Gasteiger partial charge in [0.05, 0.1) is 5.52 Å². The van der Waals surface area contributed by atoms with Crippen LogP contribution in [-0.2, 0) is 13.1 Å². The van der Waals surface area contributed by atoms with Crippen LogP contribution in [0.25, 0.3) is 11.0 Å². The van der Waals surface area contributed by atoms with Crippen molar-refractivity contribution in [3.05, 3.63) is 71.6 Å². The number of hydrogen-bond donors (Lipinski definition) is 2. The van der Waals surface area contributed by atoms with Crippen LogP contribution in [0.5, 0.6) is 11.5 Å². The second kappa shape index (κ2) is 7.88. The lowest BCUT2D eigenvalue weighted by Crippen LogP contribution is -2.03. The Hall–Kier alpha value is -3.09. The summed E-state index contributed by atoms with van der Waals surface area (Å²) in [5.74, 6) is 2.12. The quantitative estimate of drug-likeness (QED) is 0.476. The third kappa shape index (κ3) is 3.65. The second-order valence-electron chi connectivity index (χ2n) is 6.27. The standard InChI is InChI=1S/C21H20ClN5O/c1-2-27-9-8-18-20(27)21(25-13-24-18)26-16-6-7-19(14(10-16)12-23)28-17-5-3-4-15(22)11-17/h3-11,13H,2,12,23H2,1H3,(H,24,25,26). The molecule has 0 spiro atoms. The first-order valence-electron chi connectivity index (χ1n) is 9.01. The third-order valence-corrected chi connectivity index (χ3v) is 4.69. The van der Waals surface area contributed by atoms with Crippen LogP contribution in [0, 0.1) is 0 Å². The predicted molar refractivity (Wildman–Crippen MR) is 112 cm³/mol. The molecule has 28 heavy (non-hydrogen) atoms. The lowest BCUT2D eigenvalue weighted by Gasteiger charge is -2.14. The fourth-order valence-electron chi connectivity index (χ4n) is 3.10. The molecule has 0 atom stereocenters. The molecule has 2 aromatic carbocycles. The van der Waals surface area contributed by atoms with Crippen LogP contribution < -0.4 is 15.8 Å². The summed E-state index contributed by atoms with van der Waals surface area (Å²) >= 11 is 6.03. The zero-order chi connectivity index (χ0) is 19.5. The van der Waals surface area contributed by atoms with E-state index in [-0.39, 0.29) is 0 Å². The van der Waals surface area contributed by atoms with Crippen LogP contribution >= 0.6 is 11.6 Å². The summed E-state index contributed by atoms with van der Waals surface area (Å²) in [6.45, 7) is 3.27.